The summed E-state index contributed by atoms with van der Waals surface area (Å²) in [5.41, 5.74) is 0.786. The van der Waals surface area contributed by atoms with Gasteiger partial charge < -0.3 is 5.11 Å². The Kier molecular flexibility index (Phi) is 6.24. The third-order valence-electron chi connectivity index (χ3n) is 2.59. The first-order chi connectivity index (χ1) is 8.58. The summed E-state index contributed by atoms with van der Waals surface area (Å²) in [4.78, 5) is 12.6. The molecule has 6 heteroatoms. The second-order valence-corrected chi connectivity index (χ2v) is 4.95. The predicted molar refractivity (Wildman–Crippen MR) is 73.5 cm³/mol. The minimum absolute atomic E-state index is 0.0598. The molecule has 0 amide bonds. The predicted octanol–water partition coefficient (Wildman–Crippen LogP) is 2.56. The Bertz CT molecular complexity index is 406. The van der Waals surface area contributed by atoms with Gasteiger partial charge in [-0.2, -0.15) is 0 Å². The normalized spacial score (nSPS) is 10.9. The van der Waals surface area contributed by atoms with Gasteiger partial charge in [-0.3, -0.25) is 15.0 Å². The number of hydrogen-bond acceptors (Lipinski definition) is 4. The van der Waals surface area contributed by atoms with Crippen LogP contribution in [-0.4, -0.2) is 34.6 Å². The van der Waals surface area contributed by atoms with Crippen molar-refractivity contribution in [1.29, 1.82) is 0 Å². The van der Waals surface area contributed by atoms with Crippen molar-refractivity contribution in [3.05, 3.63) is 38.3 Å². The Labute approximate surface area is 115 Å². The SMILES string of the molecule is CCCN(CCO)Cc1ccc(Br)cc1[N+](=O)[O-]. The fourth-order valence-electron chi connectivity index (χ4n) is 1.81. The lowest BCUT2D eigenvalue weighted by Crippen LogP contribution is -2.27. The van der Waals surface area contributed by atoms with E-state index in [4.69, 9.17) is 5.11 Å². The molecule has 0 fully saturated rings. The van der Waals surface area contributed by atoms with Gasteiger partial charge in [0.05, 0.1) is 11.5 Å². The van der Waals surface area contributed by atoms with Gasteiger partial charge >= 0.3 is 0 Å². The van der Waals surface area contributed by atoms with E-state index < -0.39 is 0 Å². The molecular weight excluding hydrogens is 300 g/mol. The lowest BCUT2D eigenvalue weighted by atomic mass is 10.1. The molecule has 100 valence electrons. The molecular formula is C12H17BrN2O3. The van der Waals surface area contributed by atoms with Crippen LogP contribution >= 0.6 is 15.9 Å². The van der Waals surface area contributed by atoms with E-state index >= 15 is 0 Å². The van der Waals surface area contributed by atoms with E-state index in [1.54, 1.807) is 12.1 Å². The summed E-state index contributed by atoms with van der Waals surface area (Å²) in [7, 11) is 0. The molecule has 1 aromatic carbocycles. The van der Waals surface area contributed by atoms with Crippen molar-refractivity contribution in [3.63, 3.8) is 0 Å². The molecule has 0 atom stereocenters. The monoisotopic (exact) mass is 316 g/mol. The Morgan fingerprint density at radius 1 is 1.44 bits per heavy atom. The topological polar surface area (TPSA) is 66.6 Å². The molecule has 0 aliphatic carbocycles. The van der Waals surface area contributed by atoms with Crippen LogP contribution in [0.2, 0.25) is 0 Å². The van der Waals surface area contributed by atoms with Crippen LogP contribution in [0.5, 0.6) is 0 Å². The van der Waals surface area contributed by atoms with Crippen molar-refractivity contribution in [2.24, 2.45) is 0 Å². The maximum Gasteiger partial charge on any atom is 0.275 e. The Morgan fingerprint density at radius 3 is 2.72 bits per heavy atom. The van der Waals surface area contributed by atoms with Gasteiger partial charge in [0.1, 0.15) is 0 Å². The van der Waals surface area contributed by atoms with E-state index in [1.807, 2.05) is 11.8 Å². The van der Waals surface area contributed by atoms with Gasteiger partial charge in [-0.25, -0.2) is 0 Å². The maximum absolute atomic E-state index is 11.0. The van der Waals surface area contributed by atoms with Crippen LogP contribution in [0.4, 0.5) is 5.69 Å². The molecule has 0 heterocycles. The van der Waals surface area contributed by atoms with Crippen molar-refractivity contribution < 1.29 is 10.0 Å². The highest BCUT2D eigenvalue weighted by Gasteiger charge is 2.16. The van der Waals surface area contributed by atoms with E-state index in [9.17, 15) is 10.1 Å². The molecule has 1 rings (SSSR count). The molecule has 0 spiro atoms. The van der Waals surface area contributed by atoms with Crippen LogP contribution in [0.25, 0.3) is 0 Å². The van der Waals surface area contributed by atoms with E-state index in [2.05, 4.69) is 15.9 Å². The van der Waals surface area contributed by atoms with Crippen LogP contribution in [0.3, 0.4) is 0 Å². The minimum Gasteiger partial charge on any atom is -0.395 e. The van der Waals surface area contributed by atoms with Gasteiger partial charge in [0, 0.05) is 29.2 Å². The van der Waals surface area contributed by atoms with E-state index in [0.29, 0.717) is 23.1 Å². The zero-order valence-electron chi connectivity index (χ0n) is 10.3. The van der Waals surface area contributed by atoms with Gasteiger partial charge in [0.15, 0.2) is 0 Å². The summed E-state index contributed by atoms with van der Waals surface area (Å²) in [6, 6.07) is 5.06. The highest BCUT2D eigenvalue weighted by atomic mass is 79.9. The molecule has 5 nitrogen and oxygen atoms in total. The number of halogens is 1. The molecule has 18 heavy (non-hydrogen) atoms. The molecule has 0 aromatic heterocycles. The van der Waals surface area contributed by atoms with Crippen LogP contribution in [0, 0.1) is 10.1 Å². The van der Waals surface area contributed by atoms with Crippen molar-refractivity contribution in [3.8, 4) is 0 Å². The van der Waals surface area contributed by atoms with Crippen molar-refractivity contribution in [2.75, 3.05) is 19.7 Å². The first kappa shape index (κ1) is 15.1. The smallest absolute Gasteiger partial charge is 0.275 e. The zero-order chi connectivity index (χ0) is 13.5. The summed E-state index contributed by atoms with van der Waals surface area (Å²) in [6.45, 7) is 3.93. The van der Waals surface area contributed by atoms with E-state index in [-0.39, 0.29) is 17.2 Å². The molecule has 0 aliphatic heterocycles. The lowest BCUT2D eigenvalue weighted by molar-refractivity contribution is -0.385. The first-order valence-electron chi connectivity index (χ1n) is 5.84. The number of nitrogens with zero attached hydrogens (tertiary/aromatic N) is 2. The molecule has 0 saturated carbocycles. The Hall–Kier alpha value is -0.980. The number of nitro groups is 1. The highest BCUT2D eigenvalue weighted by Crippen LogP contribution is 2.24. The third kappa shape index (κ3) is 4.36. The Morgan fingerprint density at radius 2 is 2.17 bits per heavy atom. The average Bonchev–Trinajstić information content (AvgIpc) is 2.32. The zero-order valence-corrected chi connectivity index (χ0v) is 11.9. The second kappa shape index (κ2) is 7.45. The van der Waals surface area contributed by atoms with Gasteiger partial charge in [-0.1, -0.05) is 22.9 Å². The summed E-state index contributed by atoms with van der Waals surface area (Å²) in [5, 5.41) is 20.0. The molecule has 1 aromatic rings. The lowest BCUT2D eigenvalue weighted by Gasteiger charge is -2.20. The van der Waals surface area contributed by atoms with Gasteiger partial charge in [-0.15, -0.1) is 0 Å². The molecule has 1 N–H and O–H groups in total. The van der Waals surface area contributed by atoms with Gasteiger partial charge in [0.2, 0.25) is 0 Å². The second-order valence-electron chi connectivity index (χ2n) is 4.03. The fraction of sp³-hybridized carbons (Fsp3) is 0.500. The minimum atomic E-state index is -0.372. The number of nitro benzene ring substituents is 1. The first-order valence-corrected chi connectivity index (χ1v) is 6.63. The summed E-state index contributed by atoms with van der Waals surface area (Å²) >= 11 is 3.23. The molecule has 0 bridgehead atoms. The van der Waals surface area contributed by atoms with Gasteiger partial charge in [-0.05, 0) is 25.1 Å². The highest BCUT2D eigenvalue weighted by molar-refractivity contribution is 9.10. The number of benzene rings is 1. The molecule has 0 saturated heterocycles. The number of aliphatic hydroxyl groups is 1. The summed E-state index contributed by atoms with van der Waals surface area (Å²) < 4.78 is 0.696. The fourth-order valence-corrected chi connectivity index (χ4v) is 2.16. The van der Waals surface area contributed by atoms with Crippen LogP contribution < -0.4 is 0 Å². The molecule has 0 aliphatic rings. The van der Waals surface area contributed by atoms with E-state index in [0.717, 1.165) is 13.0 Å². The van der Waals surface area contributed by atoms with Gasteiger partial charge in [0.25, 0.3) is 5.69 Å². The average molecular weight is 317 g/mol. The largest absolute Gasteiger partial charge is 0.395 e. The van der Waals surface area contributed by atoms with E-state index in [1.165, 1.54) is 6.07 Å². The molecule has 0 radical (unpaired) electrons. The van der Waals surface area contributed by atoms with Crippen LogP contribution in [-0.2, 0) is 6.54 Å². The van der Waals surface area contributed by atoms with Crippen LogP contribution in [0.15, 0.2) is 22.7 Å². The summed E-state index contributed by atoms with van der Waals surface area (Å²) in [6.07, 6.45) is 0.949. The van der Waals surface area contributed by atoms with Crippen molar-refractivity contribution >= 4 is 21.6 Å². The van der Waals surface area contributed by atoms with Crippen molar-refractivity contribution in [2.45, 2.75) is 19.9 Å². The van der Waals surface area contributed by atoms with Crippen LogP contribution in [0.1, 0.15) is 18.9 Å². The standard InChI is InChI=1S/C12H17BrN2O3/c1-2-5-14(6-7-16)9-10-3-4-11(13)8-12(10)15(17)18/h3-4,8,16H,2,5-7,9H2,1H3. The quantitative estimate of drug-likeness (QED) is 0.620. The number of aliphatic hydroxyl groups excluding tert-OH is 1. The van der Waals surface area contributed by atoms with Crippen molar-refractivity contribution in [1.82, 2.24) is 4.90 Å². The number of hydrogen-bond donors (Lipinski definition) is 1. The number of rotatable bonds is 7. The molecule has 0 unspecified atom stereocenters. The maximum atomic E-state index is 11.0. The third-order valence-corrected chi connectivity index (χ3v) is 3.09. The summed E-state index contributed by atoms with van der Waals surface area (Å²) in [5.74, 6) is 0. The Balaban J connectivity index is 2.90.